The van der Waals surface area contributed by atoms with Crippen molar-refractivity contribution in [1.82, 2.24) is 0 Å². The lowest BCUT2D eigenvalue weighted by molar-refractivity contribution is -0.131. The van der Waals surface area contributed by atoms with Crippen LogP contribution in [0, 0.1) is 4.71 Å². The van der Waals surface area contributed by atoms with Crippen molar-refractivity contribution in [3.63, 3.8) is 0 Å². The summed E-state index contributed by atoms with van der Waals surface area (Å²) in [6.07, 6.45) is 0. The lowest BCUT2D eigenvalue weighted by atomic mass is 10.2. The zero-order valence-electron chi connectivity index (χ0n) is 8.32. The summed E-state index contributed by atoms with van der Waals surface area (Å²) in [7, 11) is 0. The number of ether oxygens (including phenoxy) is 1. The molecule has 0 saturated carbocycles. The molecule has 82 valence electrons. The quantitative estimate of drug-likeness (QED) is 0.455. The summed E-state index contributed by atoms with van der Waals surface area (Å²) in [5, 5.41) is 0.886. The van der Waals surface area contributed by atoms with Crippen LogP contribution in [0.4, 0.5) is 0 Å². The van der Waals surface area contributed by atoms with Gasteiger partial charge in [-0.2, -0.15) is 0 Å². The Bertz CT molecular complexity index is 618. The van der Waals surface area contributed by atoms with Crippen LogP contribution in [0.2, 0.25) is 0 Å². The van der Waals surface area contributed by atoms with Gasteiger partial charge in [0.15, 0.2) is 0 Å². The molecule has 0 aliphatic heterocycles. The first-order valence-electron chi connectivity index (χ1n) is 4.48. The minimum Gasteiger partial charge on any atom is -0.444 e. The van der Waals surface area contributed by atoms with E-state index in [1.165, 1.54) is 6.92 Å². The maximum absolute atomic E-state index is 10.8. The molecule has 0 spiro atoms. The number of hydrogen-bond donors (Lipinski definition) is 0. The minimum absolute atomic E-state index is 0.366. The van der Waals surface area contributed by atoms with E-state index in [1.807, 2.05) is 6.07 Å². The molecule has 3 nitrogen and oxygen atoms in total. The van der Waals surface area contributed by atoms with Gasteiger partial charge in [-0.3, -0.25) is 4.79 Å². The van der Waals surface area contributed by atoms with Gasteiger partial charge >= 0.3 is 5.97 Å². The second kappa shape index (κ2) is 4.35. The van der Waals surface area contributed by atoms with Gasteiger partial charge in [-0.05, 0) is 46.3 Å². The van der Waals surface area contributed by atoms with Gasteiger partial charge in [0, 0.05) is 18.4 Å². The predicted molar refractivity (Wildman–Crippen MR) is 66.1 cm³/mol. The normalized spacial score (nSPS) is 10.4. The molecule has 0 atom stereocenters. The van der Waals surface area contributed by atoms with Crippen molar-refractivity contribution >= 4 is 45.1 Å². The monoisotopic (exact) mass is 298 g/mol. The third-order valence-corrected chi connectivity index (χ3v) is 3.08. The summed E-state index contributed by atoms with van der Waals surface area (Å²) < 4.78 is 11.4. The fourth-order valence-electron chi connectivity index (χ4n) is 1.30. The Morgan fingerprint density at radius 3 is 2.88 bits per heavy atom. The number of esters is 1. The van der Waals surface area contributed by atoms with Gasteiger partial charge in [-0.25, -0.2) is 0 Å². The van der Waals surface area contributed by atoms with E-state index in [9.17, 15) is 4.79 Å². The van der Waals surface area contributed by atoms with Crippen LogP contribution in [-0.2, 0) is 4.79 Å². The van der Waals surface area contributed by atoms with Crippen molar-refractivity contribution in [2.24, 2.45) is 0 Å². The van der Waals surface area contributed by atoms with Crippen molar-refractivity contribution in [3.8, 4) is 5.75 Å². The Morgan fingerprint density at radius 2 is 2.19 bits per heavy atom. The van der Waals surface area contributed by atoms with E-state index in [1.54, 1.807) is 18.2 Å². The lowest BCUT2D eigenvalue weighted by Gasteiger charge is -2.03. The number of halogens is 1. The van der Waals surface area contributed by atoms with E-state index in [4.69, 9.17) is 21.4 Å². The number of carbonyl (C=O) groups is 1. The highest BCUT2D eigenvalue weighted by atomic mass is 79.9. The average Bonchev–Trinajstić information content (AvgIpc) is 2.19. The molecule has 0 fully saturated rings. The highest BCUT2D eigenvalue weighted by Crippen LogP contribution is 2.25. The average molecular weight is 299 g/mol. The second-order valence-electron chi connectivity index (χ2n) is 3.18. The molecule has 0 bridgehead atoms. The number of rotatable bonds is 1. The largest absolute Gasteiger partial charge is 0.444 e. The third kappa shape index (κ3) is 2.31. The highest BCUT2D eigenvalue weighted by Gasteiger charge is 2.03. The highest BCUT2D eigenvalue weighted by molar-refractivity contribution is 9.10. The van der Waals surface area contributed by atoms with E-state index in [0.717, 1.165) is 9.86 Å². The van der Waals surface area contributed by atoms with Crippen LogP contribution >= 0.6 is 28.1 Å². The Labute approximate surface area is 105 Å². The molecule has 0 unspecified atom stereocenters. The van der Waals surface area contributed by atoms with Crippen molar-refractivity contribution < 1.29 is 13.9 Å². The van der Waals surface area contributed by atoms with E-state index in [-0.39, 0.29) is 5.97 Å². The molecular formula is C11H7BrO3S. The topological polar surface area (TPSA) is 39.4 Å². The SMILES string of the molecule is CC(=O)Oc1ccc2cc(Br)c(=S)oc2c1. The number of benzene rings is 1. The van der Waals surface area contributed by atoms with Crippen LogP contribution in [0.25, 0.3) is 11.0 Å². The summed E-state index contributed by atoms with van der Waals surface area (Å²) in [6.45, 7) is 1.35. The zero-order valence-corrected chi connectivity index (χ0v) is 10.7. The van der Waals surface area contributed by atoms with Crippen LogP contribution in [0.15, 0.2) is 33.2 Å². The maximum Gasteiger partial charge on any atom is 0.308 e. The maximum atomic E-state index is 10.8. The van der Waals surface area contributed by atoms with Gasteiger partial charge in [0.2, 0.25) is 4.71 Å². The lowest BCUT2D eigenvalue weighted by Crippen LogP contribution is -2.00. The van der Waals surface area contributed by atoms with E-state index in [2.05, 4.69) is 15.9 Å². The molecule has 5 heteroatoms. The van der Waals surface area contributed by atoms with Crippen molar-refractivity contribution in [2.45, 2.75) is 6.92 Å². The summed E-state index contributed by atoms with van der Waals surface area (Å²) in [5.41, 5.74) is 0.590. The molecule has 16 heavy (non-hydrogen) atoms. The molecule has 0 N–H and O–H groups in total. The molecule has 0 radical (unpaired) electrons. The molecule has 1 aromatic carbocycles. The van der Waals surface area contributed by atoms with Crippen LogP contribution in [0.3, 0.4) is 0 Å². The second-order valence-corrected chi connectivity index (χ2v) is 4.40. The molecule has 2 rings (SSSR count). The number of carbonyl (C=O) groups excluding carboxylic acids is 1. The molecule has 0 amide bonds. The number of fused-ring (bicyclic) bond motifs is 1. The van der Waals surface area contributed by atoms with Gasteiger partial charge in [0.25, 0.3) is 0 Å². The fraction of sp³-hybridized carbons (Fsp3) is 0.0909. The van der Waals surface area contributed by atoms with Gasteiger partial charge in [0.1, 0.15) is 11.3 Å². The Morgan fingerprint density at radius 1 is 1.44 bits per heavy atom. The summed E-state index contributed by atoms with van der Waals surface area (Å²) in [5.74, 6) is 0.0792. The van der Waals surface area contributed by atoms with Crippen LogP contribution < -0.4 is 4.74 Å². The van der Waals surface area contributed by atoms with Crippen molar-refractivity contribution in [2.75, 3.05) is 0 Å². The zero-order chi connectivity index (χ0) is 11.7. The fourth-order valence-corrected chi connectivity index (χ4v) is 1.77. The summed E-state index contributed by atoms with van der Waals surface area (Å²) in [4.78, 5) is 10.8. The van der Waals surface area contributed by atoms with Gasteiger partial charge in [0.05, 0.1) is 4.47 Å². The van der Waals surface area contributed by atoms with Crippen LogP contribution in [-0.4, -0.2) is 5.97 Å². The van der Waals surface area contributed by atoms with E-state index in [0.29, 0.717) is 16.0 Å². The first-order chi connectivity index (χ1) is 7.56. The smallest absolute Gasteiger partial charge is 0.308 e. The Kier molecular flexibility index (Phi) is 3.07. The van der Waals surface area contributed by atoms with Crippen molar-refractivity contribution in [3.05, 3.63) is 33.4 Å². The van der Waals surface area contributed by atoms with Crippen molar-refractivity contribution in [1.29, 1.82) is 0 Å². The van der Waals surface area contributed by atoms with Crippen LogP contribution in [0.1, 0.15) is 6.92 Å². The molecule has 0 aliphatic rings. The van der Waals surface area contributed by atoms with Gasteiger partial charge in [-0.1, -0.05) is 0 Å². The van der Waals surface area contributed by atoms with Crippen LogP contribution in [0.5, 0.6) is 5.75 Å². The molecule has 0 aliphatic carbocycles. The first kappa shape index (κ1) is 11.3. The summed E-state index contributed by atoms with van der Waals surface area (Å²) >= 11 is 8.28. The molecule has 1 heterocycles. The molecule has 1 aromatic heterocycles. The molecule has 0 saturated heterocycles. The van der Waals surface area contributed by atoms with Gasteiger partial charge in [-0.15, -0.1) is 0 Å². The predicted octanol–water partition coefficient (Wildman–Crippen LogP) is 3.85. The Balaban J connectivity index is 2.57. The van der Waals surface area contributed by atoms with E-state index >= 15 is 0 Å². The van der Waals surface area contributed by atoms with Gasteiger partial charge < -0.3 is 9.15 Å². The first-order valence-corrected chi connectivity index (χ1v) is 5.68. The number of hydrogen-bond acceptors (Lipinski definition) is 4. The minimum atomic E-state index is -0.366. The molecular weight excluding hydrogens is 292 g/mol. The third-order valence-electron chi connectivity index (χ3n) is 1.93. The van der Waals surface area contributed by atoms with E-state index < -0.39 is 0 Å². The standard InChI is InChI=1S/C11H7BrO3S/c1-6(13)14-8-3-2-7-4-9(12)11(16)15-10(7)5-8/h2-5H,1H3. The summed E-state index contributed by atoms with van der Waals surface area (Å²) in [6, 6.07) is 7.00. The molecule has 2 aromatic rings. The Hall–Kier alpha value is -1.20.